The Hall–Kier alpha value is -1.95. The van der Waals surface area contributed by atoms with Gasteiger partial charge in [0.25, 0.3) is 0 Å². The zero-order valence-corrected chi connectivity index (χ0v) is 12.2. The summed E-state index contributed by atoms with van der Waals surface area (Å²) < 4.78 is 5.26. The summed E-state index contributed by atoms with van der Waals surface area (Å²) in [5.41, 5.74) is 0.668. The van der Waals surface area contributed by atoms with Gasteiger partial charge < -0.3 is 10.1 Å². The molecule has 1 amide bonds. The molecule has 1 rings (SSSR count). The molecule has 19 heavy (non-hydrogen) atoms. The first kappa shape index (κ1) is 15.1. The maximum absolute atomic E-state index is 11.8. The largest absolute Gasteiger partial charge is 0.444 e. The summed E-state index contributed by atoms with van der Waals surface area (Å²) in [5.74, 6) is 2.59. The molecule has 3 nitrogen and oxygen atoms in total. The Balaban J connectivity index is 2.86. The average Bonchev–Trinajstić information content (AvgIpc) is 2.25. The number of carbonyl (C=O) groups excluding carboxylic acids is 1. The van der Waals surface area contributed by atoms with E-state index in [1.165, 1.54) is 0 Å². The molecule has 0 saturated carbocycles. The van der Waals surface area contributed by atoms with Gasteiger partial charge in [0.2, 0.25) is 0 Å². The maximum Gasteiger partial charge on any atom is 0.408 e. The number of amides is 1. The number of carbonyl (C=O) groups is 1. The summed E-state index contributed by atoms with van der Waals surface area (Å²) in [4.78, 5) is 11.8. The van der Waals surface area contributed by atoms with Crippen molar-refractivity contribution < 1.29 is 9.53 Å². The van der Waals surface area contributed by atoms with Crippen LogP contribution in [0.2, 0.25) is 0 Å². The summed E-state index contributed by atoms with van der Waals surface area (Å²) in [7, 11) is 0. The Bertz CT molecular complexity index is 504. The van der Waals surface area contributed by atoms with Crippen molar-refractivity contribution in [2.24, 2.45) is 0 Å². The van der Waals surface area contributed by atoms with E-state index in [2.05, 4.69) is 11.2 Å². The number of benzene rings is 1. The van der Waals surface area contributed by atoms with Crippen LogP contribution < -0.4 is 5.32 Å². The molecule has 0 aliphatic rings. The molecule has 0 heterocycles. The second kappa shape index (κ2) is 5.36. The van der Waals surface area contributed by atoms with Crippen molar-refractivity contribution in [3.8, 4) is 12.3 Å². The Kier molecular flexibility index (Phi) is 4.26. The monoisotopic (exact) mass is 259 g/mol. The lowest BCUT2D eigenvalue weighted by molar-refractivity contribution is 0.0470. The van der Waals surface area contributed by atoms with Gasteiger partial charge in [-0.05, 0) is 52.3 Å². The van der Waals surface area contributed by atoms with E-state index in [-0.39, 0.29) is 0 Å². The van der Waals surface area contributed by atoms with Gasteiger partial charge in [-0.25, -0.2) is 4.79 Å². The van der Waals surface area contributed by atoms with Crippen LogP contribution in [-0.4, -0.2) is 11.7 Å². The van der Waals surface area contributed by atoms with Crippen molar-refractivity contribution in [2.75, 3.05) is 0 Å². The van der Waals surface area contributed by atoms with E-state index >= 15 is 0 Å². The lowest BCUT2D eigenvalue weighted by atomic mass is 9.93. The minimum atomic E-state index is -0.546. The van der Waals surface area contributed by atoms with Crippen molar-refractivity contribution in [3.63, 3.8) is 0 Å². The normalized spacial score (nSPS) is 11.6. The molecule has 3 heteroatoms. The minimum Gasteiger partial charge on any atom is -0.444 e. The molecule has 0 aromatic heterocycles. The van der Waals surface area contributed by atoms with Gasteiger partial charge in [-0.3, -0.25) is 0 Å². The Labute approximate surface area is 115 Å². The standard InChI is InChI=1S/C16H21NO2/c1-7-12-9-8-10-13(11-12)16(5,6)17-14(18)19-15(2,3)4/h1,8-11H,2-6H3,(H,17,18). The molecule has 0 fully saturated rings. The highest BCUT2D eigenvalue weighted by molar-refractivity contribution is 5.69. The van der Waals surface area contributed by atoms with Gasteiger partial charge in [-0.2, -0.15) is 0 Å². The predicted octanol–water partition coefficient (Wildman–Crippen LogP) is 3.43. The van der Waals surface area contributed by atoms with Crippen molar-refractivity contribution in [1.29, 1.82) is 0 Å². The van der Waals surface area contributed by atoms with E-state index in [1.54, 1.807) is 0 Å². The molecule has 1 N–H and O–H groups in total. The molecule has 0 aliphatic heterocycles. The van der Waals surface area contributed by atoms with Crippen LogP contribution in [0.5, 0.6) is 0 Å². The van der Waals surface area contributed by atoms with Gasteiger partial charge in [-0.1, -0.05) is 18.1 Å². The lowest BCUT2D eigenvalue weighted by Crippen LogP contribution is -2.43. The first-order chi connectivity index (χ1) is 8.64. The quantitative estimate of drug-likeness (QED) is 0.826. The topological polar surface area (TPSA) is 38.3 Å². The highest BCUT2D eigenvalue weighted by Gasteiger charge is 2.26. The van der Waals surface area contributed by atoms with Crippen LogP contribution in [0.15, 0.2) is 24.3 Å². The third kappa shape index (κ3) is 4.67. The summed E-state index contributed by atoms with van der Waals surface area (Å²) in [6.07, 6.45) is 4.94. The van der Waals surface area contributed by atoms with E-state index < -0.39 is 17.2 Å². The number of alkyl carbamates (subject to hydrolysis) is 1. The number of rotatable bonds is 2. The van der Waals surface area contributed by atoms with Gasteiger partial charge in [-0.15, -0.1) is 6.42 Å². The molecule has 0 saturated heterocycles. The smallest absolute Gasteiger partial charge is 0.408 e. The second-order valence-electron chi connectivity index (χ2n) is 5.98. The van der Waals surface area contributed by atoms with Crippen LogP contribution in [0.1, 0.15) is 45.7 Å². The van der Waals surface area contributed by atoms with Crippen molar-refractivity contribution in [1.82, 2.24) is 5.32 Å². The number of hydrogen-bond acceptors (Lipinski definition) is 2. The van der Waals surface area contributed by atoms with Crippen molar-refractivity contribution >= 4 is 6.09 Å². The summed E-state index contributed by atoms with van der Waals surface area (Å²) in [6, 6.07) is 7.55. The molecular formula is C16H21NO2. The van der Waals surface area contributed by atoms with Crippen LogP contribution in [0.25, 0.3) is 0 Å². The second-order valence-corrected chi connectivity index (χ2v) is 5.98. The Morgan fingerprint density at radius 3 is 2.42 bits per heavy atom. The van der Waals surface area contributed by atoms with Crippen LogP contribution in [0.3, 0.4) is 0 Å². The number of nitrogens with one attached hydrogen (secondary N) is 1. The summed E-state index contributed by atoms with van der Waals surface area (Å²) in [5, 5.41) is 2.85. The number of ether oxygens (including phenoxy) is 1. The van der Waals surface area contributed by atoms with Gasteiger partial charge >= 0.3 is 6.09 Å². The third-order valence-corrected chi connectivity index (χ3v) is 2.56. The SMILES string of the molecule is C#Cc1cccc(C(C)(C)NC(=O)OC(C)(C)C)c1. The molecule has 1 aromatic carbocycles. The van der Waals surface area contributed by atoms with E-state index in [0.29, 0.717) is 0 Å². The van der Waals surface area contributed by atoms with E-state index in [1.807, 2.05) is 58.9 Å². The Morgan fingerprint density at radius 1 is 1.26 bits per heavy atom. The van der Waals surface area contributed by atoms with Gasteiger partial charge in [0.1, 0.15) is 5.60 Å². The summed E-state index contributed by atoms with van der Waals surface area (Å²) >= 11 is 0. The maximum atomic E-state index is 11.8. The first-order valence-corrected chi connectivity index (χ1v) is 6.22. The van der Waals surface area contributed by atoms with Crippen LogP contribution in [-0.2, 0) is 10.3 Å². The van der Waals surface area contributed by atoms with Crippen molar-refractivity contribution in [2.45, 2.75) is 45.8 Å². The molecule has 0 aliphatic carbocycles. The molecule has 1 aromatic rings. The number of hydrogen-bond donors (Lipinski definition) is 1. The molecule has 0 radical (unpaired) electrons. The van der Waals surface area contributed by atoms with Crippen molar-refractivity contribution in [3.05, 3.63) is 35.4 Å². The molecule has 0 atom stereocenters. The zero-order chi connectivity index (χ0) is 14.7. The zero-order valence-electron chi connectivity index (χ0n) is 12.2. The molecule has 0 spiro atoms. The summed E-state index contributed by atoms with van der Waals surface area (Å²) in [6.45, 7) is 9.31. The molecule has 0 unspecified atom stereocenters. The first-order valence-electron chi connectivity index (χ1n) is 6.22. The molecular weight excluding hydrogens is 238 g/mol. The van der Waals surface area contributed by atoms with E-state index in [4.69, 9.17) is 11.2 Å². The fourth-order valence-corrected chi connectivity index (χ4v) is 1.63. The highest BCUT2D eigenvalue weighted by Crippen LogP contribution is 2.21. The van der Waals surface area contributed by atoms with Crippen LogP contribution in [0.4, 0.5) is 4.79 Å². The minimum absolute atomic E-state index is 0.441. The van der Waals surface area contributed by atoms with Gasteiger partial charge in [0, 0.05) is 5.56 Å². The van der Waals surface area contributed by atoms with E-state index in [9.17, 15) is 4.79 Å². The van der Waals surface area contributed by atoms with Gasteiger partial charge in [0.15, 0.2) is 0 Å². The predicted molar refractivity (Wildman–Crippen MR) is 76.8 cm³/mol. The highest BCUT2D eigenvalue weighted by atomic mass is 16.6. The average molecular weight is 259 g/mol. The molecule has 102 valence electrons. The fraction of sp³-hybridized carbons (Fsp3) is 0.438. The third-order valence-electron chi connectivity index (χ3n) is 2.56. The fourth-order valence-electron chi connectivity index (χ4n) is 1.63. The van der Waals surface area contributed by atoms with Crippen LogP contribution >= 0.6 is 0 Å². The van der Waals surface area contributed by atoms with Crippen LogP contribution in [0, 0.1) is 12.3 Å². The number of terminal acetylenes is 1. The van der Waals surface area contributed by atoms with Gasteiger partial charge in [0.05, 0.1) is 5.54 Å². The lowest BCUT2D eigenvalue weighted by Gasteiger charge is -2.29. The Morgan fingerprint density at radius 2 is 1.89 bits per heavy atom. The molecule has 0 bridgehead atoms. The van der Waals surface area contributed by atoms with E-state index in [0.717, 1.165) is 11.1 Å².